The number of benzene rings is 2. The zero-order valence-corrected chi connectivity index (χ0v) is 11.4. The van der Waals surface area contributed by atoms with Gasteiger partial charge in [-0.15, -0.1) is 0 Å². The Hall–Kier alpha value is -2.27. The van der Waals surface area contributed by atoms with Gasteiger partial charge in [0.1, 0.15) is 0 Å². The van der Waals surface area contributed by atoms with Crippen LogP contribution < -0.4 is 4.90 Å². The molecule has 2 rings (SSSR count). The minimum Gasteiger partial charge on any atom is -0.375 e. The number of nitrogens with zero attached hydrogens (tertiary/aromatic N) is 2. The quantitative estimate of drug-likeness (QED) is 0.817. The van der Waals surface area contributed by atoms with Crippen molar-refractivity contribution in [2.75, 3.05) is 18.5 Å². The first-order valence-corrected chi connectivity index (χ1v) is 6.56. The summed E-state index contributed by atoms with van der Waals surface area (Å²) in [4.78, 5) is 2.25. The Kier molecular flexibility index (Phi) is 4.20. The Morgan fingerprint density at radius 2 is 1.47 bits per heavy atom. The molecule has 0 saturated heterocycles. The first-order valence-electron chi connectivity index (χ1n) is 6.56. The van der Waals surface area contributed by atoms with Crippen molar-refractivity contribution in [2.24, 2.45) is 0 Å². The molecule has 0 aliphatic rings. The van der Waals surface area contributed by atoms with Gasteiger partial charge in [-0.25, -0.2) is 0 Å². The van der Waals surface area contributed by atoms with Gasteiger partial charge in [0.05, 0.1) is 11.6 Å². The van der Waals surface area contributed by atoms with Gasteiger partial charge < -0.3 is 4.90 Å². The summed E-state index contributed by atoms with van der Waals surface area (Å²) >= 11 is 0. The van der Waals surface area contributed by atoms with Crippen molar-refractivity contribution < 1.29 is 0 Å². The van der Waals surface area contributed by atoms with Gasteiger partial charge in [0.15, 0.2) is 0 Å². The van der Waals surface area contributed by atoms with Crippen LogP contribution in [0, 0.1) is 11.3 Å². The first-order chi connectivity index (χ1) is 9.24. The highest BCUT2D eigenvalue weighted by Gasteiger charge is 2.01. The first kappa shape index (κ1) is 13.2. The molecule has 0 aromatic heterocycles. The van der Waals surface area contributed by atoms with E-state index in [1.54, 1.807) is 0 Å². The van der Waals surface area contributed by atoms with Crippen LogP contribution in [0.15, 0.2) is 48.5 Å². The van der Waals surface area contributed by atoms with E-state index in [1.807, 2.05) is 24.3 Å². The lowest BCUT2D eigenvalue weighted by Crippen LogP contribution is -2.17. The lowest BCUT2D eigenvalue weighted by atomic mass is 10.0. The van der Waals surface area contributed by atoms with Gasteiger partial charge in [-0.2, -0.15) is 5.26 Å². The van der Waals surface area contributed by atoms with Crippen LogP contribution in [0.1, 0.15) is 18.9 Å². The monoisotopic (exact) mass is 250 g/mol. The predicted octanol–water partition coefficient (Wildman–Crippen LogP) is 4.07. The third kappa shape index (κ3) is 3.14. The molecule has 0 unspecified atom stereocenters. The van der Waals surface area contributed by atoms with Crippen molar-refractivity contribution in [3.63, 3.8) is 0 Å². The number of nitriles is 1. The predicted molar refractivity (Wildman–Crippen MR) is 80.2 cm³/mol. The van der Waals surface area contributed by atoms with Crippen LogP contribution in [0.5, 0.6) is 0 Å². The van der Waals surface area contributed by atoms with Gasteiger partial charge in [0, 0.05) is 19.3 Å². The number of hydrogen-bond donors (Lipinski definition) is 0. The summed E-state index contributed by atoms with van der Waals surface area (Å²) in [7, 11) is 2.11. The minimum absolute atomic E-state index is 0.697. The fourth-order valence-corrected chi connectivity index (χ4v) is 2.11. The van der Waals surface area contributed by atoms with E-state index >= 15 is 0 Å². The van der Waals surface area contributed by atoms with E-state index in [0.717, 1.165) is 18.5 Å². The largest absolute Gasteiger partial charge is 0.375 e. The molecule has 0 aliphatic carbocycles. The van der Waals surface area contributed by atoms with E-state index in [2.05, 4.69) is 49.2 Å². The summed E-state index contributed by atoms with van der Waals surface area (Å²) in [5, 5.41) is 8.79. The highest BCUT2D eigenvalue weighted by molar-refractivity contribution is 5.66. The van der Waals surface area contributed by atoms with Crippen molar-refractivity contribution in [1.29, 1.82) is 5.26 Å². The highest BCUT2D eigenvalue weighted by atomic mass is 15.1. The maximum absolute atomic E-state index is 8.79. The molecule has 0 N–H and O–H groups in total. The molecule has 96 valence electrons. The molecular formula is C17H18N2. The van der Waals surface area contributed by atoms with Crippen LogP contribution in [0.25, 0.3) is 11.1 Å². The second kappa shape index (κ2) is 6.06. The molecule has 2 aromatic rings. The van der Waals surface area contributed by atoms with E-state index in [-0.39, 0.29) is 0 Å². The summed E-state index contributed by atoms with van der Waals surface area (Å²) in [5.74, 6) is 0. The molecule has 2 aromatic carbocycles. The van der Waals surface area contributed by atoms with E-state index in [4.69, 9.17) is 5.26 Å². The van der Waals surface area contributed by atoms with Crippen molar-refractivity contribution in [3.05, 3.63) is 54.1 Å². The lowest BCUT2D eigenvalue weighted by Gasteiger charge is -2.18. The van der Waals surface area contributed by atoms with E-state index in [0.29, 0.717) is 5.56 Å². The van der Waals surface area contributed by atoms with Crippen LogP contribution in [0.4, 0.5) is 5.69 Å². The molecule has 0 amide bonds. The minimum atomic E-state index is 0.697. The number of anilines is 1. The molecule has 0 spiro atoms. The Morgan fingerprint density at radius 1 is 0.947 bits per heavy atom. The van der Waals surface area contributed by atoms with Crippen LogP contribution in [0.3, 0.4) is 0 Å². The van der Waals surface area contributed by atoms with Gasteiger partial charge in [-0.3, -0.25) is 0 Å². The van der Waals surface area contributed by atoms with Crippen LogP contribution >= 0.6 is 0 Å². The van der Waals surface area contributed by atoms with Crippen molar-refractivity contribution in [1.82, 2.24) is 0 Å². The fraction of sp³-hybridized carbons (Fsp3) is 0.235. The Morgan fingerprint density at radius 3 is 1.95 bits per heavy atom. The standard InChI is InChI=1S/C17H18N2/c1-3-12-19(2)17-10-8-16(9-11-17)15-6-4-14(13-18)5-7-15/h4-11H,3,12H2,1-2H3. The Labute approximate surface area is 114 Å². The highest BCUT2D eigenvalue weighted by Crippen LogP contribution is 2.23. The van der Waals surface area contributed by atoms with Gasteiger partial charge >= 0.3 is 0 Å². The second-order valence-corrected chi connectivity index (χ2v) is 4.66. The maximum Gasteiger partial charge on any atom is 0.0991 e. The molecular weight excluding hydrogens is 232 g/mol. The Balaban J connectivity index is 2.20. The summed E-state index contributed by atoms with van der Waals surface area (Å²) in [6.45, 7) is 3.25. The van der Waals surface area contributed by atoms with Crippen LogP contribution in [-0.2, 0) is 0 Å². The van der Waals surface area contributed by atoms with E-state index in [1.165, 1.54) is 11.3 Å². The van der Waals surface area contributed by atoms with Crippen molar-refractivity contribution in [2.45, 2.75) is 13.3 Å². The second-order valence-electron chi connectivity index (χ2n) is 4.66. The molecule has 0 atom stereocenters. The molecule has 2 heteroatoms. The molecule has 0 fully saturated rings. The van der Waals surface area contributed by atoms with Crippen molar-refractivity contribution in [3.8, 4) is 17.2 Å². The fourth-order valence-electron chi connectivity index (χ4n) is 2.11. The Bertz CT molecular complexity index is 562. The average Bonchev–Trinajstić information content (AvgIpc) is 2.48. The summed E-state index contributed by atoms with van der Waals surface area (Å²) in [6, 6.07) is 18.4. The molecule has 0 radical (unpaired) electrons. The summed E-state index contributed by atoms with van der Waals surface area (Å²) in [5.41, 5.74) is 4.25. The number of rotatable bonds is 4. The third-order valence-electron chi connectivity index (χ3n) is 3.21. The van der Waals surface area contributed by atoms with Gasteiger partial charge in [0.2, 0.25) is 0 Å². The molecule has 0 aliphatic heterocycles. The normalized spacial score (nSPS) is 9.95. The number of hydrogen-bond acceptors (Lipinski definition) is 2. The van der Waals surface area contributed by atoms with Crippen LogP contribution in [-0.4, -0.2) is 13.6 Å². The molecule has 0 heterocycles. The van der Waals surface area contributed by atoms with Crippen LogP contribution in [0.2, 0.25) is 0 Å². The smallest absolute Gasteiger partial charge is 0.0991 e. The van der Waals surface area contributed by atoms with Gasteiger partial charge in [-0.1, -0.05) is 31.2 Å². The topological polar surface area (TPSA) is 27.0 Å². The van der Waals surface area contributed by atoms with Gasteiger partial charge in [-0.05, 0) is 41.8 Å². The van der Waals surface area contributed by atoms with E-state index < -0.39 is 0 Å². The third-order valence-corrected chi connectivity index (χ3v) is 3.21. The molecule has 19 heavy (non-hydrogen) atoms. The SMILES string of the molecule is CCCN(C)c1ccc(-c2ccc(C#N)cc2)cc1. The molecule has 0 bridgehead atoms. The summed E-state index contributed by atoms with van der Waals surface area (Å²) < 4.78 is 0. The summed E-state index contributed by atoms with van der Waals surface area (Å²) in [6.07, 6.45) is 1.15. The lowest BCUT2D eigenvalue weighted by molar-refractivity contribution is 0.852. The average molecular weight is 250 g/mol. The molecule has 0 saturated carbocycles. The van der Waals surface area contributed by atoms with Crippen molar-refractivity contribution >= 4 is 5.69 Å². The zero-order chi connectivity index (χ0) is 13.7. The van der Waals surface area contributed by atoms with Gasteiger partial charge in [0.25, 0.3) is 0 Å². The molecule has 2 nitrogen and oxygen atoms in total. The van der Waals surface area contributed by atoms with E-state index in [9.17, 15) is 0 Å². The maximum atomic E-state index is 8.79. The zero-order valence-electron chi connectivity index (χ0n) is 11.4.